The number of alkyl halides is 3. The molecular weight excluding hydrogens is 143 g/mol. The van der Waals surface area contributed by atoms with Crippen LogP contribution in [0.3, 0.4) is 0 Å². The molecule has 0 saturated carbocycles. The van der Waals surface area contributed by atoms with Crippen molar-refractivity contribution in [2.75, 3.05) is 0 Å². The van der Waals surface area contributed by atoms with Crippen molar-refractivity contribution in [3.63, 3.8) is 0 Å². The predicted molar refractivity (Wildman–Crippen MR) is 33.1 cm³/mol. The highest BCUT2D eigenvalue weighted by Gasteiger charge is 2.33. The van der Waals surface area contributed by atoms with Gasteiger partial charge in [0.05, 0.1) is 5.57 Å². The number of hydrogen-bond donors (Lipinski definition) is 1. The monoisotopic (exact) mass is 151 g/mol. The van der Waals surface area contributed by atoms with E-state index in [1.165, 1.54) is 6.92 Å². The Bertz CT molecular complexity index is 166. The maximum atomic E-state index is 11.8. The first-order valence-corrected chi connectivity index (χ1v) is 2.58. The molecule has 0 amide bonds. The van der Waals surface area contributed by atoms with E-state index in [-0.39, 0.29) is 0 Å². The molecule has 0 aromatic rings. The predicted octanol–water partition coefficient (Wildman–Crippen LogP) is 1.97. The molecule has 10 heavy (non-hydrogen) atoms. The van der Waals surface area contributed by atoms with Gasteiger partial charge in [-0.05, 0) is 6.92 Å². The van der Waals surface area contributed by atoms with Crippen molar-refractivity contribution in [1.82, 2.24) is 0 Å². The Balaban J connectivity index is 4.56. The largest absolute Gasteiger partial charge is 0.418 e. The maximum absolute atomic E-state index is 11.8. The molecular formula is C6H8F3N. The van der Waals surface area contributed by atoms with Gasteiger partial charge in [0.15, 0.2) is 0 Å². The van der Waals surface area contributed by atoms with Gasteiger partial charge in [0.2, 0.25) is 0 Å². The van der Waals surface area contributed by atoms with Gasteiger partial charge in [0.1, 0.15) is 0 Å². The van der Waals surface area contributed by atoms with Crippen LogP contribution in [0, 0.1) is 0 Å². The number of rotatable bonds is 1. The molecule has 0 unspecified atom stereocenters. The number of halogens is 3. The van der Waals surface area contributed by atoms with E-state index in [1.54, 1.807) is 0 Å². The van der Waals surface area contributed by atoms with Crippen LogP contribution in [-0.4, -0.2) is 6.18 Å². The lowest BCUT2D eigenvalue weighted by Crippen LogP contribution is -2.17. The number of nitrogens with two attached hydrogens (primary N) is 1. The molecule has 0 spiro atoms. The van der Waals surface area contributed by atoms with E-state index in [0.29, 0.717) is 0 Å². The number of allylic oxidation sites excluding steroid dienone is 2. The highest BCUT2D eigenvalue weighted by molar-refractivity contribution is 5.28. The van der Waals surface area contributed by atoms with Gasteiger partial charge < -0.3 is 5.73 Å². The Kier molecular flexibility index (Phi) is 2.51. The smallest absolute Gasteiger partial charge is 0.399 e. The molecule has 2 N–H and O–H groups in total. The van der Waals surface area contributed by atoms with E-state index < -0.39 is 17.4 Å². The third-order valence-corrected chi connectivity index (χ3v) is 0.940. The van der Waals surface area contributed by atoms with Gasteiger partial charge in [-0.2, -0.15) is 13.2 Å². The molecule has 0 rings (SSSR count). The first-order chi connectivity index (χ1) is 4.39. The van der Waals surface area contributed by atoms with Gasteiger partial charge in [-0.3, -0.25) is 0 Å². The second kappa shape index (κ2) is 2.77. The summed E-state index contributed by atoms with van der Waals surface area (Å²) >= 11 is 0. The molecule has 0 fully saturated rings. The first-order valence-electron chi connectivity index (χ1n) is 2.58. The fourth-order valence-corrected chi connectivity index (χ4v) is 0.531. The lowest BCUT2D eigenvalue weighted by atomic mass is 10.2. The van der Waals surface area contributed by atoms with Crippen LogP contribution < -0.4 is 5.73 Å². The van der Waals surface area contributed by atoms with Gasteiger partial charge in [-0.15, -0.1) is 0 Å². The van der Waals surface area contributed by atoms with E-state index in [4.69, 9.17) is 5.73 Å². The molecule has 0 aliphatic rings. The third kappa shape index (κ3) is 2.13. The van der Waals surface area contributed by atoms with Gasteiger partial charge in [0.25, 0.3) is 0 Å². The molecule has 0 saturated heterocycles. The Labute approximate surface area is 57.0 Å². The molecule has 0 aromatic carbocycles. The summed E-state index contributed by atoms with van der Waals surface area (Å²) in [6.07, 6.45) is -3.48. The maximum Gasteiger partial charge on any atom is 0.418 e. The van der Waals surface area contributed by atoms with Gasteiger partial charge in [-0.25, -0.2) is 0 Å². The Morgan fingerprint density at radius 2 is 1.90 bits per heavy atom. The summed E-state index contributed by atoms with van der Waals surface area (Å²) in [6, 6.07) is 0. The summed E-state index contributed by atoms with van der Waals surface area (Å²) in [6.45, 7) is 4.25. The van der Waals surface area contributed by atoms with Gasteiger partial charge >= 0.3 is 6.18 Å². The molecule has 0 aromatic heterocycles. The van der Waals surface area contributed by atoms with E-state index in [1.807, 2.05) is 0 Å². The molecule has 1 nitrogen and oxygen atoms in total. The molecule has 0 aliphatic carbocycles. The minimum absolute atomic E-state index is 0.449. The lowest BCUT2D eigenvalue weighted by Gasteiger charge is -2.09. The van der Waals surface area contributed by atoms with Crippen molar-refractivity contribution >= 4 is 0 Å². The summed E-state index contributed by atoms with van der Waals surface area (Å²) in [5.41, 5.74) is 3.53. The Morgan fingerprint density at radius 3 is 1.90 bits per heavy atom. The average Bonchev–Trinajstić information content (AvgIpc) is 1.60. The van der Waals surface area contributed by atoms with Crippen LogP contribution in [0.15, 0.2) is 23.9 Å². The molecule has 4 heteroatoms. The molecule has 0 radical (unpaired) electrons. The average molecular weight is 151 g/mol. The lowest BCUT2D eigenvalue weighted by molar-refractivity contribution is -0.0895. The Hall–Kier alpha value is -0.930. The van der Waals surface area contributed by atoms with E-state index >= 15 is 0 Å². The van der Waals surface area contributed by atoms with Crippen molar-refractivity contribution in [1.29, 1.82) is 0 Å². The van der Waals surface area contributed by atoms with Crippen molar-refractivity contribution in [3.8, 4) is 0 Å². The summed E-state index contributed by atoms with van der Waals surface area (Å²) in [7, 11) is 0. The fraction of sp³-hybridized carbons (Fsp3) is 0.333. The summed E-state index contributed by atoms with van der Waals surface area (Å²) in [5.74, 6) is 0. The topological polar surface area (TPSA) is 26.0 Å². The SMILES string of the molecule is C=C(N)/C(=C\C)C(F)(F)F. The van der Waals surface area contributed by atoms with Crippen molar-refractivity contribution < 1.29 is 13.2 Å². The van der Waals surface area contributed by atoms with Crippen molar-refractivity contribution in [2.24, 2.45) is 5.73 Å². The number of hydrogen-bond acceptors (Lipinski definition) is 1. The van der Waals surface area contributed by atoms with Crippen molar-refractivity contribution in [2.45, 2.75) is 13.1 Å². The summed E-state index contributed by atoms with van der Waals surface area (Å²) < 4.78 is 35.3. The summed E-state index contributed by atoms with van der Waals surface area (Å²) in [4.78, 5) is 0. The molecule has 0 bridgehead atoms. The zero-order chi connectivity index (χ0) is 8.36. The normalized spacial score (nSPS) is 13.4. The van der Waals surface area contributed by atoms with Gasteiger partial charge in [-0.1, -0.05) is 12.7 Å². The summed E-state index contributed by atoms with van der Waals surface area (Å²) in [5, 5.41) is 0. The van der Waals surface area contributed by atoms with Crippen LogP contribution in [0.4, 0.5) is 13.2 Å². The van der Waals surface area contributed by atoms with Crippen LogP contribution in [0.2, 0.25) is 0 Å². The molecule has 0 aliphatic heterocycles. The highest BCUT2D eigenvalue weighted by Crippen LogP contribution is 2.27. The van der Waals surface area contributed by atoms with Crippen LogP contribution in [0.5, 0.6) is 0 Å². The van der Waals surface area contributed by atoms with Crippen LogP contribution in [0.1, 0.15) is 6.92 Å². The van der Waals surface area contributed by atoms with E-state index in [2.05, 4.69) is 6.58 Å². The second-order valence-corrected chi connectivity index (χ2v) is 1.73. The highest BCUT2D eigenvalue weighted by atomic mass is 19.4. The van der Waals surface area contributed by atoms with Crippen LogP contribution in [-0.2, 0) is 0 Å². The zero-order valence-electron chi connectivity index (χ0n) is 5.50. The second-order valence-electron chi connectivity index (χ2n) is 1.73. The standard InChI is InChI=1S/C6H8F3N/c1-3-5(4(2)10)6(7,8)9/h3H,2,10H2,1H3/b5-3+. The minimum atomic E-state index is -4.37. The van der Waals surface area contributed by atoms with E-state index in [0.717, 1.165) is 6.08 Å². The third-order valence-electron chi connectivity index (χ3n) is 0.940. The Morgan fingerprint density at radius 1 is 1.50 bits per heavy atom. The zero-order valence-corrected chi connectivity index (χ0v) is 5.50. The minimum Gasteiger partial charge on any atom is -0.399 e. The van der Waals surface area contributed by atoms with E-state index in [9.17, 15) is 13.2 Å². The van der Waals surface area contributed by atoms with Crippen molar-refractivity contribution in [3.05, 3.63) is 23.9 Å². The van der Waals surface area contributed by atoms with Crippen LogP contribution >= 0.6 is 0 Å². The molecule has 0 heterocycles. The molecule has 58 valence electrons. The van der Waals surface area contributed by atoms with Gasteiger partial charge in [0, 0.05) is 5.70 Å². The quantitative estimate of drug-likeness (QED) is 0.569. The molecule has 0 atom stereocenters. The fourth-order valence-electron chi connectivity index (χ4n) is 0.531. The van der Waals surface area contributed by atoms with Crippen LogP contribution in [0.25, 0.3) is 0 Å². The first kappa shape index (κ1) is 9.07.